The zero-order valence-corrected chi connectivity index (χ0v) is 11.5. The normalized spacial score (nSPS) is 10.6. The Morgan fingerprint density at radius 2 is 1.89 bits per heavy atom. The predicted octanol–water partition coefficient (Wildman–Crippen LogP) is 2.36. The fraction of sp³-hybridized carbons (Fsp3) is 0.231. The number of anilines is 1. The van der Waals surface area contributed by atoms with Crippen LogP contribution in [0.15, 0.2) is 24.3 Å². The van der Waals surface area contributed by atoms with Gasteiger partial charge in [-0.1, -0.05) is 12.8 Å². The van der Waals surface area contributed by atoms with Gasteiger partial charge in [0.1, 0.15) is 5.82 Å². The molecule has 1 heterocycles. The van der Waals surface area contributed by atoms with Gasteiger partial charge in [0.25, 0.3) is 0 Å². The zero-order valence-electron chi connectivity index (χ0n) is 10.6. The lowest BCUT2D eigenvalue weighted by atomic mass is 10.1. The van der Waals surface area contributed by atoms with Gasteiger partial charge in [0.15, 0.2) is 0 Å². The number of aliphatic hydroxyl groups excluding tert-OH is 1. The first-order valence-corrected chi connectivity index (χ1v) is 6.10. The molecular formula is C13H14FN3OS. The maximum Gasteiger partial charge on any atom is 0.235 e. The van der Waals surface area contributed by atoms with E-state index in [4.69, 9.17) is 0 Å². The lowest BCUT2D eigenvalue weighted by Gasteiger charge is -2.15. The quantitative estimate of drug-likeness (QED) is 0.847. The molecule has 0 atom stereocenters. The summed E-state index contributed by atoms with van der Waals surface area (Å²) >= 11 is 4.16. The van der Waals surface area contributed by atoms with Crippen LogP contribution in [0.4, 0.5) is 10.3 Å². The summed E-state index contributed by atoms with van der Waals surface area (Å²) in [6.07, 6.45) is 0. The Hall–Kier alpha value is -1.66. The molecule has 4 nitrogen and oxygen atoms in total. The van der Waals surface area contributed by atoms with E-state index in [0.717, 1.165) is 5.56 Å². The second-order valence-electron chi connectivity index (χ2n) is 4.12. The molecule has 1 N–H and O–H groups in total. The van der Waals surface area contributed by atoms with Crippen LogP contribution in [0.5, 0.6) is 0 Å². The number of benzene rings is 1. The Labute approximate surface area is 116 Å². The molecule has 1 aromatic heterocycles. The summed E-state index contributed by atoms with van der Waals surface area (Å²) in [5.41, 5.74) is 2.62. The van der Waals surface area contributed by atoms with Crippen molar-refractivity contribution in [2.24, 2.45) is 0 Å². The zero-order chi connectivity index (χ0) is 14.0. The van der Waals surface area contributed by atoms with Crippen LogP contribution in [0.1, 0.15) is 11.3 Å². The van der Waals surface area contributed by atoms with Crippen molar-refractivity contribution in [3.05, 3.63) is 41.3 Å². The third-order valence-electron chi connectivity index (χ3n) is 2.77. The van der Waals surface area contributed by atoms with Gasteiger partial charge in [-0.05, 0) is 31.2 Å². The van der Waals surface area contributed by atoms with E-state index >= 15 is 0 Å². The van der Waals surface area contributed by atoms with E-state index < -0.39 is 0 Å². The first-order chi connectivity index (χ1) is 9.02. The van der Waals surface area contributed by atoms with Gasteiger partial charge in [0.2, 0.25) is 5.95 Å². The van der Waals surface area contributed by atoms with Gasteiger partial charge in [0.05, 0.1) is 12.3 Å². The van der Waals surface area contributed by atoms with Crippen molar-refractivity contribution in [3.63, 3.8) is 0 Å². The SMILES string of the molecule is Cc1nc(N(C)S)nc(-c2ccc(F)cc2)c1CO. The van der Waals surface area contributed by atoms with Crippen molar-refractivity contribution in [3.8, 4) is 11.3 Å². The minimum Gasteiger partial charge on any atom is -0.392 e. The van der Waals surface area contributed by atoms with Gasteiger partial charge >= 0.3 is 0 Å². The molecule has 0 saturated carbocycles. The number of hydrogen-bond acceptors (Lipinski definition) is 5. The fourth-order valence-electron chi connectivity index (χ4n) is 1.76. The Balaban J connectivity index is 2.62. The van der Waals surface area contributed by atoms with Crippen molar-refractivity contribution in [1.82, 2.24) is 9.97 Å². The number of aryl methyl sites for hydroxylation is 1. The van der Waals surface area contributed by atoms with Crippen LogP contribution in [-0.2, 0) is 6.61 Å². The third-order valence-corrected chi connectivity index (χ3v) is 2.95. The summed E-state index contributed by atoms with van der Waals surface area (Å²) in [7, 11) is 1.71. The Kier molecular flexibility index (Phi) is 4.01. The molecule has 0 bridgehead atoms. The fourth-order valence-corrected chi connectivity index (χ4v) is 1.85. The van der Waals surface area contributed by atoms with Crippen molar-refractivity contribution >= 4 is 18.8 Å². The van der Waals surface area contributed by atoms with Gasteiger partial charge in [0, 0.05) is 23.9 Å². The molecule has 0 amide bonds. The van der Waals surface area contributed by atoms with Crippen molar-refractivity contribution in [1.29, 1.82) is 0 Å². The molecular weight excluding hydrogens is 265 g/mol. The van der Waals surface area contributed by atoms with Crippen LogP contribution in [0.2, 0.25) is 0 Å². The highest BCUT2D eigenvalue weighted by Gasteiger charge is 2.14. The first kappa shape index (κ1) is 13.8. The second kappa shape index (κ2) is 5.54. The predicted molar refractivity (Wildman–Crippen MR) is 75.5 cm³/mol. The topological polar surface area (TPSA) is 49.2 Å². The summed E-state index contributed by atoms with van der Waals surface area (Å²) in [6.45, 7) is 1.62. The van der Waals surface area contributed by atoms with Crippen LogP contribution >= 0.6 is 12.8 Å². The number of nitrogens with zero attached hydrogens (tertiary/aromatic N) is 3. The molecule has 2 rings (SSSR count). The summed E-state index contributed by atoms with van der Waals surface area (Å²) < 4.78 is 14.5. The molecule has 0 aliphatic rings. The van der Waals surface area contributed by atoms with Gasteiger partial charge < -0.3 is 5.11 Å². The number of thiol groups is 1. The molecule has 19 heavy (non-hydrogen) atoms. The molecule has 1 aromatic carbocycles. The van der Waals surface area contributed by atoms with E-state index in [0.29, 0.717) is 22.9 Å². The standard InChI is InChI=1S/C13H14FN3OS/c1-8-11(7-18)12(16-13(15-8)17(2)19)9-3-5-10(14)6-4-9/h3-6,18-19H,7H2,1-2H3. The van der Waals surface area contributed by atoms with E-state index in [1.54, 1.807) is 26.1 Å². The molecule has 0 spiro atoms. The minimum atomic E-state index is -0.313. The monoisotopic (exact) mass is 279 g/mol. The summed E-state index contributed by atoms with van der Waals surface area (Å²) in [5, 5.41) is 9.46. The summed E-state index contributed by atoms with van der Waals surface area (Å²) in [4.78, 5) is 8.61. The number of halogens is 1. The van der Waals surface area contributed by atoms with Crippen LogP contribution in [-0.4, -0.2) is 22.1 Å². The van der Waals surface area contributed by atoms with Gasteiger partial charge in [-0.3, -0.25) is 4.31 Å². The molecule has 0 radical (unpaired) electrons. The van der Waals surface area contributed by atoms with E-state index in [1.807, 2.05) is 0 Å². The van der Waals surface area contributed by atoms with Gasteiger partial charge in [-0.15, -0.1) is 0 Å². The molecule has 0 saturated heterocycles. The lowest BCUT2D eigenvalue weighted by molar-refractivity contribution is 0.280. The van der Waals surface area contributed by atoms with Crippen LogP contribution in [0, 0.1) is 12.7 Å². The number of rotatable bonds is 3. The molecule has 0 fully saturated rings. The van der Waals surface area contributed by atoms with Crippen molar-refractivity contribution in [2.45, 2.75) is 13.5 Å². The second-order valence-corrected chi connectivity index (χ2v) is 4.72. The highest BCUT2D eigenvalue weighted by molar-refractivity contribution is 7.81. The first-order valence-electron chi connectivity index (χ1n) is 5.70. The van der Waals surface area contributed by atoms with Gasteiger partial charge in [-0.2, -0.15) is 0 Å². The van der Waals surface area contributed by atoms with Crippen LogP contribution in [0.3, 0.4) is 0 Å². The highest BCUT2D eigenvalue weighted by Crippen LogP contribution is 2.26. The van der Waals surface area contributed by atoms with Crippen molar-refractivity contribution < 1.29 is 9.50 Å². The van der Waals surface area contributed by atoms with Crippen LogP contribution in [0.25, 0.3) is 11.3 Å². The number of aromatic nitrogens is 2. The Morgan fingerprint density at radius 3 is 2.42 bits per heavy atom. The number of aliphatic hydroxyl groups is 1. The third kappa shape index (κ3) is 2.85. The van der Waals surface area contributed by atoms with Crippen LogP contribution < -0.4 is 4.31 Å². The Morgan fingerprint density at radius 1 is 1.26 bits per heavy atom. The average Bonchev–Trinajstić information content (AvgIpc) is 2.38. The molecule has 0 aliphatic heterocycles. The average molecular weight is 279 g/mol. The van der Waals surface area contributed by atoms with E-state index in [1.165, 1.54) is 16.4 Å². The molecule has 100 valence electrons. The smallest absolute Gasteiger partial charge is 0.235 e. The summed E-state index contributed by atoms with van der Waals surface area (Å²) in [5.74, 6) is 0.115. The molecule has 6 heteroatoms. The van der Waals surface area contributed by atoms with Gasteiger partial charge in [-0.25, -0.2) is 14.4 Å². The maximum absolute atomic E-state index is 13.0. The minimum absolute atomic E-state index is 0.172. The summed E-state index contributed by atoms with van der Waals surface area (Å²) in [6, 6.07) is 5.97. The maximum atomic E-state index is 13.0. The largest absolute Gasteiger partial charge is 0.392 e. The van der Waals surface area contributed by atoms with E-state index in [9.17, 15) is 9.50 Å². The van der Waals surface area contributed by atoms with Crippen molar-refractivity contribution in [2.75, 3.05) is 11.4 Å². The van der Waals surface area contributed by atoms with E-state index in [-0.39, 0.29) is 12.4 Å². The highest BCUT2D eigenvalue weighted by atomic mass is 32.1. The van der Waals surface area contributed by atoms with E-state index in [2.05, 4.69) is 22.8 Å². The number of hydrogen-bond donors (Lipinski definition) is 2. The molecule has 0 unspecified atom stereocenters. The Bertz CT molecular complexity index is 587. The molecule has 2 aromatic rings. The lowest BCUT2D eigenvalue weighted by Crippen LogP contribution is -2.10. The molecule has 0 aliphatic carbocycles.